The van der Waals surface area contributed by atoms with Crippen molar-refractivity contribution < 1.29 is 13.9 Å². The Morgan fingerprint density at radius 3 is 2.84 bits per heavy atom. The number of ether oxygens (including phenoxy) is 1. The number of nitrogens with one attached hydrogen (secondary N) is 2. The van der Waals surface area contributed by atoms with E-state index < -0.39 is 11.7 Å². The van der Waals surface area contributed by atoms with Crippen LogP contribution >= 0.6 is 0 Å². The zero-order valence-electron chi connectivity index (χ0n) is 10.7. The molecule has 0 unspecified atom stereocenters. The highest BCUT2D eigenvalue weighted by Gasteiger charge is 2.11. The predicted octanol–water partition coefficient (Wildman–Crippen LogP) is 2.37. The van der Waals surface area contributed by atoms with E-state index in [2.05, 4.69) is 15.5 Å². The molecule has 6 heteroatoms. The van der Waals surface area contributed by atoms with Gasteiger partial charge in [-0.1, -0.05) is 6.92 Å². The molecule has 1 amide bonds. The Hall–Kier alpha value is -2.37. The molecule has 1 aromatic carbocycles. The number of carbonyl (C=O) groups is 1. The number of hydrogen-bond donors (Lipinski definition) is 2. The maximum absolute atomic E-state index is 13.5. The lowest BCUT2D eigenvalue weighted by Gasteiger charge is -2.05. The van der Waals surface area contributed by atoms with Gasteiger partial charge in [-0.15, -0.1) is 0 Å². The fourth-order valence-electron chi connectivity index (χ4n) is 1.60. The highest BCUT2D eigenvalue weighted by atomic mass is 19.1. The molecule has 1 aromatic heterocycles. The van der Waals surface area contributed by atoms with Gasteiger partial charge in [-0.05, 0) is 24.6 Å². The van der Waals surface area contributed by atoms with Gasteiger partial charge in [-0.2, -0.15) is 5.10 Å². The molecule has 1 heterocycles. The molecule has 19 heavy (non-hydrogen) atoms. The van der Waals surface area contributed by atoms with Gasteiger partial charge in [0.2, 0.25) is 0 Å². The zero-order valence-corrected chi connectivity index (χ0v) is 10.7. The van der Waals surface area contributed by atoms with Crippen LogP contribution in [0.1, 0.15) is 23.0 Å². The molecule has 2 N–H and O–H groups in total. The smallest absolute Gasteiger partial charge is 0.256 e. The molecule has 0 aliphatic carbocycles. The fraction of sp³-hybridized carbons (Fsp3) is 0.231. The van der Waals surface area contributed by atoms with Crippen molar-refractivity contribution in [1.82, 2.24) is 10.2 Å². The average Bonchev–Trinajstić information content (AvgIpc) is 2.86. The van der Waals surface area contributed by atoms with E-state index in [1.807, 2.05) is 6.92 Å². The molecule has 0 fully saturated rings. The molecule has 0 saturated heterocycles. The average molecular weight is 263 g/mol. The monoisotopic (exact) mass is 263 g/mol. The second kappa shape index (κ2) is 5.51. The second-order valence-corrected chi connectivity index (χ2v) is 3.94. The lowest BCUT2D eigenvalue weighted by atomic mass is 10.2. The summed E-state index contributed by atoms with van der Waals surface area (Å²) in [5.41, 5.74) is 1.12. The number of amides is 1. The fourth-order valence-corrected chi connectivity index (χ4v) is 1.60. The van der Waals surface area contributed by atoms with Crippen molar-refractivity contribution in [3.05, 3.63) is 41.3 Å². The maximum Gasteiger partial charge on any atom is 0.256 e. The zero-order chi connectivity index (χ0) is 13.8. The summed E-state index contributed by atoms with van der Waals surface area (Å²) in [5, 5.41) is 9.31. The number of benzene rings is 1. The third kappa shape index (κ3) is 2.90. The van der Waals surface area contributed by atoms with Crippen LogP contribution in [0.5, 0.6) is 5.75 Å². The van der Waals surface area contributed by atoms with Crippen LogP contribution in [0.3, 0.4) is 0 Å². The van der Waals surface area contributed by atoms with Crippen LogP contribution in [0.2, 0.25) is 0 Å². The Morgan fingerprint density at radius 2 is 2.26 bits per heavy atom. The van der Waals surface area contributed by atoms with E-state index in [0.717, 1.165) is 18.2 Å². The minimum atomic E-state index is -0.577. The molecule has 0 radical (unpaired) electrons. The van der Waals surface area contributed by atoms with E-state index in [1.165, 1.54) is 19.2 Å². The van der Waals surface area contributed by atoms with E-state index in [9.17, 15) is 9.18 Å². The first kappa shape index (κ1) is 13.1. The lowest BCUT2D eigenvalue weighted by Crippen LogP contribution is -2.12. The Bertz CT molecular complexity index is 595. The molecular formula is C13H14FN3O2. The van der Waals surface area contributed by atoms with E-state index in [0.29, 0.717) is 5.82 Å². The third-order valence-electron chi connectivity index (χ3n) is 2.67. The first-order valence-electron chi connectivity index (χ1n) is 5.83. The number of nitrogens with zero attached hydrogens (tertiary/aromatic N) is 1. The van der Waals surface area contributed by atoms with E-state index in [4.69, 9.17) is 4.74 Å². The summed E-state index contributed by atoms with van der Waals surface area (Å²) >= 11 is 0. The van der Waals surface area contributed by atoms with Gasteiger partial charge < -0.3 is 10.1 Å². The van der Waals surface area contributed by atoms with Crippen molar-refractivity contribution in [3.8, 4) is 5.75 Å². The first-order chi connectivity index (χ1) is 9.13. The van der Waals surface area contributed by atoms with Crippen molar-refractivity contribution in [1.29, 1.82) is 0 Å². The molecule has 100 valence electrons. The highest BCUT2D eigenvalue weighted by molar-refractivity contribution is 6.03. The van der Waals surface area contributed by atoms with Crippen LogP contribution in [0.25, 0.3) is 0 Å². The standard InChI is InChI=1S/C13H14FN3O2/c1-3-9-7-12(17-16-9)15-13(18)8-4-5-11(19-2)10(14)6-8/h4-7H,3H2,1-2H3,(H2,15,16,17,18). The van der Waals surface area contributed by atoms with Crippen LogP contribution < -0.4 is 10.1 Å². The number of methoxy groups -OCH3 is 1. The Morgan fingerprint density at radius 1 is 1.47 bits per heavy atom. The molecule has 2 rings (SSSR count). The molecule has 0 aliphatic heterocycles. The summed E-state index contributed by atoms with van der Waals surface area (Å²) < 4.78 is 18.3. The van der Waals surface area contributed by atoms with Gasteiger partial charge >= 0.3 is 0 Å². The number of aromatic nitrogens is 2. The van der Waals surface area contributed by atoms with Crippen LogP contribution in [0.4, 0.5) is 10.2 Å². The highest BCUT2D eigenvalue weighted by Crippen LogP contribution is 2.18. The van der Waals surface area contributed by atoms with Gasteiger partial charge in [-0.3, -0.25) is 9.89 Å². The van der Waals surface area contributed by atoms with Crippen molar-refractivity contribution in [2.24, 2.45) is 0 Å². The van der Waals surface area contributed by atoms with Crippen LogP contribution in [-0.4, -0.2) is 23.2 Å². The number of halogens is 1. The largest absolute Gasteiger partial charge is 0.494 e. The van der Waals surface area contributed by atoms with Gasteiger partial charge in [0.1, 0.15) is 0 Å². The van der Waals surface area contributed by atoms with Crippen LogP contribution in [0.15, 0.2) is 24.3 Å². The predicted molar refractivity (Wildman–Crippen MR) is 68.9 cm³/mol. The lowest BCUT2D eigenvalue weighted by molar-refractivity contribution is 0.102. The number of rotatable bonds is 4. The molecule has 0 bridgehead atoms. The van der Waals surface area contributed by atoms with E-state index >= 15 is 0 Å². The van der Waals surface area contributed by atoms with E-state index in [1.54, 1.807) is 6.07 Å². The molecule has 5 nitrogen and oxygen atoms in total. The Balaban J connectivity index is 2.13. The minimum absolute atomic E-state index is 0.101. The van der Waals surface area contributed by atoms with Crippen LogP contribution in [0, 0.1) is 5.82 Å². The SMILES string of the molecule is CCc1cc(NC(=O)c2ccc(OC)c(F)c2)n[nH]1. The summed E-state index contributed by atoms with van der Waals surface area (Å²) in [4.78, 5) is 11.9. The quantitative estimate of drug-likeness (QED) is 0.889. The molecule has 0 saturated carbocycles. The Kier molecular flexibility index (Phi) is 3.79. The molecule has 0 atom stereocenters. The summed E-state index contributed by atoms with van der Waals surface area (Å²) in [7, 11) is 1.37. The van der Waals surface area contributed by atoms with Gasteiger partial charge in [0.15, 0.2) is 17.4 Å². The number of H-pyrrole nitrogens is 1. The number of anilines is 1. The van der Waals surface area contributed by atoms with E-state index in [-0.39, 0.29) is 11.3 Å². The van der Waals surface area contributed by atoms with Crippen molar-refractivity contribution >= 4 is 11.7 Å². The van der Waals surface area contributed by atoms with Crippen molar-refractivity contribution in [2.45, 2.75) is 13.3 Å². The number of aromatic amines is 1. The number of carbonyl (C=O) groups excluding carboxylic acids is 1. The second-order valence-electron chi connectivity index (χ2n) is 3.94. The van der Waals surface area contributed by atoms with Crippen molar-refractivity contribution in [3.63, 3.8) is 0 Å². The van der Waals surface area contributed by atoms with Gasteiger partial charge in [0.25, 0.3) is 5.91 Å². The molecule has 0 spiro atoms. The maximum atomic E-state index is 13.5. The molecule has 0 aliphatic rings. The summed E-state index contributed by atoms with van der Waals surface area (Å²) in [6.45, 7) is 1.97. The van der Waals surface area contributed by atoms with Crippen molar-refractivity contribution in [2.75, 3.05) is 12.4 Å². The van der Waals surface area contributed by atoms with Gasteiger partial charge in [-0.25, -0.2) is 4.39 Å². The Labute approximate surface area is 109 Å². The van der Waals surface area contributed by atoms with Gasteiger partial charge in [0, 0.05) is 17.3 Å². The number of aryl methyl sites for hydroxylation is 1. The summed E-state index contributed by atoms with van der Waals surface area (Å²) in [5.74, 6) is -0.482. The molecular weight excluding hydrogens is 249 g/mol. The third-order valence-corrected chi connectivity index (χ3v) is 2.67. The minimum Gasteiger partial charge on any atom is -0.494 e. The first-order valence-corrected chi connectivity index (χ1v) is 5.83. The normalized spacial score (nSPS) is 10.3. The number of hydrogen-bond acceptors (Lipinski definition) is 3. The molecule has 2 aromatic rings. The van der Waals surface area contributed by atoms with Crippen LogP contribution in [-0.2, 0) is 6.42 Å². The van der Waals surface area contributed by atoms with Gasteiger partial charge in [0.05, 0.1) is 7.11 Å². The summed E-state index contributed by atoms with van der Waals surface area (Å²) in [6.07, 6.45) is 0.792. The topological polar surface area (TPSA) is 67.0 Å². The summed E-state index contributed by atoms with van der Waals surface area (Å²) in [6, 6.07) is 5.76.